The molecule has 0 radical (unpaired) electrons. The molecule has 0 unspecified atom stereocenters. The molecule has 28 heavy (non-hydrogen) atoms. The Hall–Kier alpha value is -3.22. The second-order valence-electron chi connectivity index (χ2n) is 6.83. The van der Waals surface area contributed by atoms with Crippen molar-refractivity contribution in [2.75, 3.05) is 24.7 Å². The van der Waals surface area contributed by atoms with Crippen molar-refractivity contribution in [1.29, 1.82) is 0 Å². The van der Waals surface area contributed by atoms with Crippen molar-refractivity contribution >= 4 is 17.6 Å². The van der Waals surface area contributed by atoms with E-state index < -0.39 is 0 Å². The van der Waals surface area contributed by atoms with E-state index in [1.54, 1.807) is 4.90 Å². The minimum Gasteiger partial charge on any atom is -0.486 e. The van der Waals surface area contributed by atoms with Crippen LogP contribution in [-0.4, -0.2) is 31.7 Å². The lowest BCUT2D eigenvalue weighted by Gasteiger charge is -2.19. The van der Waals surface area contributed by atoms with E-state index in [0.29, 0.717) is 38.5 Å². The number of hydrogen-bond donors (Lipinski definition) is 2. The number of carbonyl (C=O) groups excluding carboxylic acids is 2. The number of urea groups is 1. The second kappa shape index (κ2) is 8.21. The summed E-state index contributed by atoms with van der Waals surface area (Å²) in [5.74, 6) is 1.59. The minimum atomic E-state index is -0.252. The molecule has 3 amide bonds. The highest BCUT2D eigenvalue weighted by Crippen LogP contribution is 2.30. The highest BCUT2D eigenvalue weighted by Gasteiger charge is 2.21. The number of carbonyl (C=O) groups is 2. The Morgan fingerprint density at radius 1 is 0.964 bits per heavy atom. The molecule has 7 heteroatoms. The molecule has 2 aromatic rings. The van der Waals surface area contributed by atoms with Gasteiger partial charge in [0.2, 0.25) is 5.91 Å². The number of rotatable bonds is 5. The molecule has 7 nitrogen and oxygen atoms in total. The molecule has 2 aliphatic heterocycles. The summed E-state index contributed by atoms with van der Waals surface area (Å²) in [6, 6.07) is 13.1. The summed E-state index contributed by atoms with van der Waals surface area (Å²) >= 11 is 0. The first kappa shape index (κ1) is 18.2. The number of hydrogen-bond acceptors (Lipinski definition) is 4. The first-order chi connectivity index (χ1) is 13.7. The molecule has 0 aromatic heterocycles. The van der Waals surface area contributed by atoms with Crippen LogP contribution in [0.5, 0.6) is 11.5 Å². The van der Waals surface area contributed by atoms with Crippen LogP contribution in [0.1, 0.15) is 24.0 Å². The lowest BCUT2D eigenvalue weighted by atomic mass is 10.2. The molecule has 2 aromatic carbocycles. The topological polar surface area (TPSA) is 79.9 Å². The second-order valence-corrected chi connectivity index (χ2v) is 6.83. The minimum absolute atomic E-state index is 0.155. The highest BCUT2D eigenvalue weighted by molar-refractivity contribution is 5.95. The van der Waals surface area contributed by atoms with Gasteiger partial charge in [0.1, 0.15) is 13.2 Å². The van der Waals surface area contributed by atoms with Crippen molar-refractivity contribution < 1.29 is 19.1 Å². The van der Waals surface area contributed by atoms with Crippen molar-refractivity contribution in [2.24, 2.45) is 0 Å². The Morgan fingerprint density at radius 3 is 2.46 bits per heavy atom. The van der Waals surface area contributed by atoms with Crippen molar-refractivity contribution in [3.63, 3.8) is 0 Å². The van der Waals surface area contributed by atoms with Crippen LogP contribution in [0.2, 0.25) is 0 Å². The van der Waals surface area contributed by atoms with Crippen molar-refractivity contribution in [3.8, 4) is 11.5 Å². The van der Waals surface area contributed by atoms with Crippen LogP contribution in [-0.2, 0) is 17.9 Å². The lowest BCUT2D eigenvalue weighted by molar-refractivity contribution is -0.117. The molecule has 0 bridgehead atoms. The van der Waals surface area contributed by atoms with Crippen LogP contribution in [0.15, 0.2) is 42.5 Å². The Bertz CT molecular complexity index is 884. The quantitative estimate of drug-likeness (QED) is 0.834. The van der Waals surface area contributed by atoms with Gasteiger partial charge in [0.05, 0.1) is 0 Å². The SMILES string of the molecule is O=C(NCc1cccc(N2CCCC2=O)c1)NCc1ccc2c(c1)OCCO2. The summed E-state index contributed by atoms with van der Waals surface area (Å²) in [5.41, 5.74) is 2.78. The molecule has 0 atom stereocenters. The van der Waals surface area contributed by atoms with Gasteiger partial charge in [-0.15, -0.1) is 0 Å². The summed E-state index contributed by atoms with van der Waals surface area (Å²) in [5, 5.41) is 5.69. The number of nitrogens with zero attached hydrogens (tertiary/aromatic N) is 1. The maximum absolute atomic E-state index is 12.1. The van der Waals surface area contributed by atoms with Gasteiger partial charge in [0, 0.05) is 31.7 Å². The molecule has 146 valence electrons. The van der Waals surface area contributed by atoms with Gasteiger partial charge in [-0.25, -0.2) is 4.79 Å². The molecule has 0 spiro atoms. The molecule has 1 fully saturated rings. The molecule has 0 aliphatic carbocycles. The van der Waals surface area contributed by atoms with E-state index in [1.165, 1.54) is 0 Å². The number of ether oxygens (including phenoxy) is 2. The van der Waals surface area contributed by atoms with Crippen LogP contribution in [0.25, 0.3) is 0 Å². The number of nitrogens with one attached hydrogen (secondary N) is 2. The molecule has 2 aliphatic rings. The normalized spacial score (nSPS) is 15.4. The monoisotopic (exact) mass is 381 g/mol. The van der Waals surface area contributed by atoms with Crippen LogP contribution >= 0.6 is 0 Å². The number of fused-ring (bicyclic) bond motifs is 1. The number of amides is 3. The predicted octanol–water partition coefficient (Wildman–Crippen LogP) is 2.58. The molecule has 1 saturated heterocycles. The lowest BCUT2D eigenvalue weighted by Crippen LogP contribution is -2.34. The van der Waals surface area contributed by atoms with E-state index in [1.807, 2.05) is 42.5 Å². The Kier molecular flexibility index (Phi) is 5.32. The fourth-order valence-electron chi connectivity index (χ4n) is 3.38. The molecule has 2 N–H and O–H groups in total. The van der Waals surface area contributed by atoms with E-state index in [4.69, 9.17) is 9.47 Å². The molecular formula is C21H23N3O4. The summed E-state index contributed by atoms with van der Waals surface area (Å²) in [6.07, 6.45) is 1.49. The van der Waals surface area contributed by atoms with Crippen molar-refractivity contribution in [1.82, 2.24) is 10.6 Å². The van der Waals surface area contributed by atoms with Crippen molar-refractivity contribution in [3.05, 3.63) is 53.6 Å². The smallest absolute Gasteiger partial charge is 0.315 e. The van der Waals surface area contributed by atoms with E-state index in [0.717, 1.165) is 35.5 Å². The average molecular weight is 381 g/mol. The highest BCUT2D eigenvalue weighted by atomic mass is 16.6. The van der Waals surface area contributed by atoms with Gasteiger partial charge in [-0.05, 0) is 41.8 Å². The fraction of sp³-hybridized carbons (Fsp3) is 0.333. The van der Waals surface area contributed by atoms with Crippen molar-refractivity contribution in [2.45, 2.75) is 25.9 Å². The Morgan fingerprint density at radius 2 is 1.71 bits per heavy atom. The predicted molar refractivity (Wildman–Crippen MR) is 105 cm³/mol. The van der Waals surface area contributed by atoms with E-state index >= 15 is 0 Å². The van der Waals surface area contributed by atoms with Crippen LogP contribution in [0.4, 0.5) is 10.5 Å². The third-order valence-electron chi connectivity index (χ3n) is 4.81. The molecule has 4 rings (SSSR count). The van der Waals surface area contributed by atoms with E-state index in [9.17, 15) is 9.59 Å². The zero-order chi connectivity index (χ0) is 19.3. The number of benzene rings is 2. The standard InChI is InChI=1S/C21H23N3O4/c25-20-5-2-8-24(20)17-4-1-3-15(11-17)13-22-21(26)23-14-16-6-7-18-19(12-16)28-10-9-27-18/h1,3-4,6-7,11-12H,2,5,8-10,13-14H2,(H2,22,23,26). The largest absolute Gasteiger partial charge is 0.486 e. The third kappa shape index (κ3) is 4.19. The van der Waals surface area contributed by atoms with Gasteiger partial charge in [-0.1, -0.05) is 18.2 Å². The summed E-state index contributed by atoms with van der Waals surface area (Å²) in [4.78, 5) is 25.8. The average Bonchev–Trinajstić information content (AvgIpc) is 3.16. The van der Waals surface area contributed by atoms with E-state index in [2.05, 4.69) is 10.6 Å². The summed E-state index contributed by atoms with van der Waals surface area (Å²) in [7, 11) is 0. The molecular weight excluding hydrogens is 358 g/mol. The first-order valence-corrected chi connectivity index (χ1v) is 9.48. The molecule has 0 saturated carbocycles. The Labute approximate surface area is 163 Å². The van der Waals surface area contributed by atoms with Gasteiger partial charge in [-0.2, -0.15) is 0 Å². The zero-order valence-electron chi connectivity index (χ0n) is 15.6. The Balaban J connectivity index is 1.28. The third-order valence-corrected chi connectivity index (χ3v) is 4.81. The van der Waals surface area contributed by atoms with Crippen LogP contribution in [0.3, 0.4) is 0 Å². The fourth-order valence-corrected chi connectivity index (χ4v) is 3.38. The maximum Gasteiger partial charge on any atom is 0.315 e. The summed E-state index contributed by atoms with van der Waals surface area (Å²) < 4.78 is 11.1. The van der Waals surface area contributed by atoms with Crippen LogP contribution in [0, 0.1) is 0 Å². The maximum atomic E-state index is 12.1. The van der Waals surface area contributed by atoms with Gasteiger partial charge in [0.25, 0.3) is 0 Å². The summed E-state index contributed by atoms with van der Waals surface area (Å²) in [6.45, 7) is 2.63. The van der Waals surface area contributed by atoms with Gasteiger partial charge in [0.15, 0.2) is 11.5 Å². The van der Waals surface area contributed by atoms with Gasteiger partial charge >= 0.3 is 6.03 Å². The molecule has 2 heterocycles. The zero-order valence-corrected chi connectivity index (χ0v) is 15.6. The first-order valence-electron chi connectivity index (χ1n) is 9.48. The van der Waals surface area contributed by atoms with Crippen LogP contribution < -0.4 is 25.0 Å². The van der Waals surface area contributed by atoms with Gasteiger partial charge < -0.3 is 25.0 Å². The van der Waals surface area contributed by atoms with E-state index in [-0.39, 0.29) is 11.9 Å². The number of anilines is 1. The van der Waals surface area contributed by atoms with Gasteiger partial charge in [-0.3, -0.25) is 4.79 Å².